The molecule has 0 N–H and O–H groups in total. The van der Waals surface area contributed by atoms with Crippen LogP contribution in [0.1, 0.15) is 44.5 Å². The third kappa shape index (κ3) is 5.06. The first-order chi connectivity index (χ1) is 15.7. The van der Waals surface area contributed by atoms with E-state index in [0.717, 1.165) is 40.0 Å². The van der Waals surface area contributed by atoms with Gasteiger partial charge in [-0.3, -0.25) is 4.90 Å². The van der Waals surface area contributed by atoms with Crippen molar-refractivity contribution in [2.24, 2.45) is 0 Å². The summed E-state index contributed by atoms with van der Waals surface area (Å²) in [6, 6.07) is 20.4. The monoisotopic (exact) mass is 442 g/mol. The lowest BCUT2D eigenvalue weighted by molar-refractivity contribution is 0.0575. The number of fused-ring (bicyclic) bond motifs is 1. The van der Waals surface area contributed by atoms with Gasteiger partial charge in [-0.25, -0.2) is 9.78 Å². The van der Waals surface area contributed by atoms with E-state index in [2.05, 4.69) is 41.3 Å². The van der Waals surface area contributed by atoms with Crippen LogP contribution in [0.15, 0.2) is 66.9 Å². The molecule has 0 atom stereocenters. The van der Waals surface area contributed by atoms with Crippen molar-refractivity contribution in [1.29, 1.82) is 0 Å². The lowest BCUT2D eigenvalue weighted by Gasteiger charge is -2.28. The maximum Gasteiger partial charge on any atom is 0.416 e. The summed E-state index contributed by atoms with van der Waals surface area (Å²) >= 11 is 0. The quantitative estimate of drug-likeness (QED) is 0.369. The number of carbonyl (C=O) groups is 1. The topological polar surface area (TPSA) is 59.7 Å². The van der Waals surface area contributed by atoms with Gasteiger partial charge in [0.25, 0.3) is 0 Å². The molecule has 1 amide bonds. The summed E-state index contributed by atoms with van der Waals surface area (Å²) in [5.41, 5.74) is 5.28. The number of carbonyl (C=O) groups excluding carboxylic acids is 1. The molecule has 0 fully saturated rings. The molecule has 0 aliphatic carbocycles. The second kappa shape index (κ2) is 9.06. The van der Waals surface area contributed by atoms with E-state index in [0.29, 0.717) is 12.4 Å². The third-order valence-corrected chi connectivity index (χ3v) is 5.33. The molecular formula is C27H30N4O2. The summed E-state index contributed by atoms with van der Waals surface area (Å²) in [7, 11) is 0. The predicted octanol–water partition coefficient (Wildman–Crippen LogP) is 6.21. The number of rotatable bonds is 5. The van der Waals surface area contributed by atoms with Crippen molar-refractivity contribution in [2.45, 2.75) is 53.2 Å². The van der Waals surface area contributed by atoms with Crippen LogP contribution in [0.5, 0.6) is 0 Å². The fourth-order valence-electron chi connectivity index (χ4n) is 3.72. The van der Waals surface area contributed by atoms with Crippen LogP contribution < -0.4 is 4.90 Å². The van der Waals surface area contributed by atoms with Gasteiger partial charge < -0.3 is 4.74 Å². The maximum absolute atomic E-state index is 13.3. The second-order valence-corrected chi connectivity index (χ2v) is 9.14. The normalized spacial score (nSPS) is 11.5. The van der Waals surface area contributed by atoms with E-state index in [9.17, 15) is 4.79 Å². The van der Waals surface area contributed by atoms with Crippen LogP contribution in [0.2, 0.25) is 0 Å². The van der Waals surface area contributed by atoms with Crippen LogP contribution in [0.25, 0.3) is 16.8 Å². The molecule has 2 aromatic heterocycles. The summed E-state index contributed by atoms with van der Waals surface area (Å²) in [4.78, 5) is 19.6. The van der Waals surface area contributed by atoms with Crippen LogP contribution in [0.4, 0.5) is 10.6 Å². The summed E-state index contributed by atoms with van der Waals surface area (Å²) in [6.07, 6.45) is 2.20. The zero-order valence-corrected chi connectivity index (χ0v) is 19.9. The van der Waals surface area contributed by atoms with Crippen molar-refractivity contribution in [3.05, 3.63) is 83.7 Å². The number of nitrogens with zero attached hydrogens (tertiary/aromatic N) is 4. The average molecular weight is 443 g/mol. The highest BCUT2D eigenvalue weighted by Crippen LogP contribution is 2.25. The molecule has 0 aliphatic rings. The Balaban J connectivity index is 1.73. The Labute approximate surface area is 194 Å². The Morgan fingerprint density at radius 2 is 1.70 bits per heavy atom. The highest BCUT2D eigenvalue weighted by Gasteiger charge is 2.26. The number of benzene rings is 2. The number of aryl methyl sites for hydroxylation is 2. The summed E-state index contributed by atoms with van der Waals surface area (Å²) in [5.74, 6) is 0.638. The number of hydrogen-bond donors (Lipinski definition) is 0. The zero-order valence-electron chi connectivity index (χ0n) is 19.9. The maximum atomic E-state index is 13.3. The molecule has 0 radical (unpaired) electrons. The molecule has 4 aromatic rings. The number of aromatic nitrogens is 3. The third-order valence-electron chi connectivity index (χ3n) is 5.33. The van der Waals surface area contributed by atoms with Gasteiger partial charge in [-0.1, -0.05) is 61.5 Å². The van der Waals surface area contributed by atoms with Crippen LogP contribution in [-0.2, 0) is 17.7 Å². The van der Waals surface area contributed by atoms with Crippen LogP contribution in [-0.4, -0.2) is 26.3 Å². The van der Waals surface area contributed by atoms with Gasteiger partial charge in [-0.05, 0) is 50.8 Å². The summed E-state index contributed by atoms with van der Waals surface area (Å²) < 4.78 is 7.50. The van der Waals surface area contributed by atoms with Gasteiger partial charge in [0.2, 0.25) is 0 Å². The number of anilines is 1. The molecule has 170 valence electrons. The van der Waals surface area contributed by atoms with Gasteiger partial charge in [-0.15, -0.1) is 0 Å². The zero-order chi connectivity index (χ0) is 23.6. The number of amides is 1. The fourth-order valence-corrected chi connectivity index (χ4v) is 3.72. The Morgan fingerprint density at radius 3 is 2.33 bits per heavy atom. The molecular weight excluding hydrogens is 412 g/mol. The average Bonchev–Trinajstić information content (AvgIpc) is 3.19. The van der Waals surface area contributed by atoms with Crippen molar-refractivity contribution in [2.75, 3.05) is 4.90 Å². The largest absolute Gasteiger partial charge is 0.443 e. The van der Waals surface area contributed by atoms with Crippen LogP contribution in [0, 0.1) is 6.92 Å². The highest BCUT2D eigenvalue weighted by atomic mass is 16.6. The Morgan fingerprint density at radius 1 is 1.03 bits per heavy atom. The lowest BCUT2D eigenvalue weighted by atomic mass is 10.0. The van der Waals surface area contributed by atoms with Crippen molar-refractivity contribution in [1.82, 2.24) is 14.6 Å². The minimum Gasteiger partial charge on any atom is -0.443 e. The molecule has 33 heavy (non-hydrogen) atoms. The molecule has 0 spiro atoms. The number of hydrogen-bond acceptors (Lipinski definition) is 4. The van der Waals surface area contributed by atoms with E-state index >= 15 is 0 Å². The first-order valence-corrected chi connectivity index (χ1v) is 11.2. The molecule has 0 aliphatic heterocycles. The van der Waals surface area contributed by atoms with E-state index in [1.165, 1.54) is 0 Å². The molecule has 0 bridgehead atoms. The fraction of sp³-hybridized carbons (Fsp3) is 0.296. The molecule has 0 unspecified atom stereocenters. The minimum atomic E-state index is -0.619. The Bertz CT molecular complexity index is 1260. The Hall–Kier alpha value is -3.67. The smallest absolute Gasteiger partial charge is 0.416 e. The highest BCUT2D eigenvalue weighted by molar-refractivity contribution is 5.87. The first kappa shape index (κ1) is 22.5. The molecule has 0 saturated heterocycles. The van der Waals surface area contributed by atoms with Gasteiger partial charge in [0.05, 0.1) is 12.7 Å². The summed E-state index contributed by atoms with van der Waals surface area (Å²) in [6.45, 7) is 9.96. The Kier molecular flexibility index (Phi) is 6.18. The van der Waals surface area contributed by atoms with Crippen LogP contribution in [0.3, 0.4) is 0 Å². The van der Waals surface area contributed by atoms with Crippen molar-refractivity contribution < 1.29 is 9.53 Å². The van der Waals surface area contributed by atoms with E-state index in [1.54, 1.807) is 9.42 Å². The van der Waals surface area contributed by atoms with Gasteiger partial charge in [0.1, 0.15) is 11.4 Å². The molecule has 4 rings (SSSR count). The summed E-state index contributed by atoms with van der Waals surface area (Å²) in [5, 5.41) is 4.53. The van der Waals surface area contributed by atoms with E-state index in [-0.39, 0.29) is 0 Å². The lowest BCUT2D eigenvalue weighted by Crippen LogP contribution is -2.37. The first-order valence-electron chi connectivity index (χ1n) is 11.2. The SMILES string of the molecule is CCc1cnn2c(N(Cc3ccc(-c4ccccc4)cc3)C(=O)OC(C)(C)C)cc(C)nc12. The van der Waals surface area contributed by atoms with E-state index in [4.69, 9.17) is 4.74 Å². The van der Waals surface area contributed by atoms with Gasteiger partial charge in [0, 0.05) is 17.3 Å². The molecule has 6 nitrogen and oxygen atoms in total. The molecule has 2 aromatic carbocycles. The predicted molar refractivity (Wildman–Crippen MR) is 131 cm³/mol. The molecule has 0 saturated carbocycles. The minimum absolute atomic E-state index is 0.351. The van der Waals surface area contributed by atoms with Gasteiger partial charge in [0.15, 0.2) is 5.65 Å². The standard InChI is InChI=1S/C27H30N4O2/c1-6-21-17-28-31-24(16-19(2)29-25(21)31)30(26(32)33-27(3,4)5)18-20-12-14-23(15-13-20)22-10-8-7-9-11-22/h7-17H,6,18H2,1-5H3. The van der Waals surface area contributed by atoms with Crippen molar-refractivity contribution in [3.8, 4) is 11.1 Å². The number of ether oxygens (including phenoxy) is 1. The van der Waals surface area contributed by atoms with Gasteiger partial charge in [-0.2, -0.15) is 9.61 Å². The van der Waals surface area contributed by atoms with Crippen LogP contribution >= 0.6 is 0 Å². The van der Waals surface area contributed by atoms with E-state index in [1.807, 2.05) is 70.3 Å². The molecule has 2 heterocycles. The van der Waals surface area contributed by atoms with Gasteiger partial charge >= 0.3 is 6.09 Å². The van der Waals surface area contributed by atoms with Crippen molar-refractivity contribution >= 4 is 17.6 Å². The molecule has 6 heteroatoms. The second-order valence-electron chi connectivity index (χ2n) is 9.14. The van der Waals surface area contributed by atoms with Crippen molar-refractivity contribution in [3.63, 3.8) is 0 Å². The van der Waals surface area contributed by atoms with E-state index < -0.39 is 11.7 Å².